The summed E-state index contributed by atoms with van der Waals surface area (Å²) in [5.41, 5.74) is 19.2. The van der Waals surface area contributed by atoms with E-state index in [1.165, 1.54) is 28.5 Å². The fraction of sp³-hybridized carbons (Fsp3) is 0.292. The van der Waals surface area contributed by atoms with Crippen molar-refractivity contribution in [3.8, 4) is 46.1 Å². The summed E-state index contributed by atoms with van der Waals surface area (Å²) in [6, 6.07) is 46.8. The summed E-state index contributed by atoms with van der Waals surface area (Å²) >= 11 is 0. The van der Waals surface area contributed by atoms with Gasteiger partial charge in [-0.3, -0.25) is 64.0 Å². The molecule has 13 N–H and O–H groups in total. The lowest BCUT2D eigenvalue weighted by atomic mass is 9.83. The lowest BCUT2D eigenvalue weighted by Gasteiger charge is -2.26. The first-order valence-electron chi connectivity index (χ1n) is 45.0. The second-order valence-corrected chi connectivity index (χ2v) is 34.2. The SMILES string of the molecule is CC(C)(C(=O)Nc1cn[nH]c1-c1nc2ccc(CN3CCOCC3)cc2[nH]1)c1ccccc1.Cc1nc2cccc(C(=O)Nc3cn[nH]c3-c3nc4ccc(CN5CCOCC5)cc4[nH]3)c2o1.O=C(Nc1cn[nH]c1-c1nc2ccc(CN3CCOCC3)cc2[nH]1)c1n[nH]c(=O)c2ccccc12.O=C(Nc1cn[nH]c1-c1nc2ccc(CN3CCOCC3)cc2[nH]1)c1noc2c1CCCC2. The van der Waals surface area contributed by atoms with Gasteiger partial charge in [0, 0.05) is 103 Å². The molecule has 11 aromatic heterocycles. The number of oxazole rings is 1. The number of carbonyl (C=O) groups is 4. The zero-order valence-corrected chi connectivity index (χ0v) is 74.3. The minimum absolute atomic E-state index is 0.111. The number of benzene rings is 7. The maximum atomic E-state index is 13.1. The number of anilines is 4. The molecule has 0 atom stereocenters. The van der Waals surface area contributed by atoms with Gasteiger partial charge in [-0.05, 0) is 128 Å². The molecule has 5 aliphatic rings. The Labute approximate surface area is 769 Å². The molecular formula is C96H98N28O11. The van der Waals surface area contributed by atoms with E-state index in [1.807, 2.05) is 74.5 Å². The third kappa shape index (κ3) is 19.6. The monoisotopic (exact) mass is 1820 g/mol. The molecule has 0 saturated carbocycles. The normalized spacial score (nSPS) is 15.3. The number of hydrogen-bond donors (Lipinski definition) is 13. The van der Waals surface area contributed by atoms with Crippen LogP contribution in [0.1, 0.15) is 103 Å². The van der Waals surface area contributed by atoms with Crippen molar-refractivity contribution in [2.24, 2.45) is 0 Å². The van der Waals surface area contributed by atoms with Gasteiger partial charge in [-0.2, -0.15) is 25.5 Å². The summed E-state index contributed by atoms with van der Waals surface area (Å²) in [4.78, 5) is 110. The van der Waals surface area contributed by atoms with Gasteiger partial charge in [-0.25, -0.2) is 30.0 Å². The highest BCUT2D eigenvalue weighted by Gasteiger charge is 2.33. The second-order valence-electron chi connectivity index (χ2n) is 34.2. The average molecular weight is 1820 g/mol. The molecule has 39 heteroatoms. The number of nitrogens with zero attached hydrogens (tertiary/aromatic N) is 15. The Hall–Kier alpha value is -15.4. The molecule has 0 bridgehead atoms. The minimum Gasteiger partial charge on any atom is -0.440 e. The van der Waals surface area contributed by atoms with Crippen LogP contribution in [0.2, 0.25) is 0 Å². The van der Waals surface area contributed by atoms with Crippen molar-refractivity contribution in [2.45, 2.75) is 78.0 Å². The Morgan fingerprint density at radius 1 is 0.407 bits per heavy atom. The third-order valence-electron chi connectivity index (χ3n) is 24.6. The second kappa shape index (κ2) is 39.2. The predicted octanol–water partition coefficient (Wildman–Crippen LogP) is 12.4. The number of aromatic nitrogens is 20. The zero-order chi connectivity index (χ0) is 91.9. The molecule has 0 unspecified atom stereocenters. The van der Waals surface area contributed by atoms with Crippen LogP contribution in [0.15, 0.2) is 184 Å². The smallest absolute Gasteiger partial charge is 0.278 e. The predicted molar refractivity (Wildman–Crippen MR) is 505 cm³/mol. The molecule has 0 radical (unpaired) electrons. The Bertz CT molecular complexity index is 7370. The van der Waals surface area contributed by atoms with Gasteiger partial charge in [-0.15, -0.1) is 0 Å². The number of aromatic amines is 9. The van der Waals surface area contributed by atoms with Gasteiger partial charge >= 0.3 is 0 Å². The molecule has 39 nitrogen and oxygen atoms in total. The van der Waals surface area contributed by atoms with Crippen molar-refractivity contribution in [1.82, 2.24) is 121 Å². The van der Waals surface area contributed by atoms with Gasteiger partial charge in [0.1, 0.15) is 34.1 Å². The topological polar surface area (TPSA) is 494 Å². The Kier molecular flexibility index (Phi) is 25.4. The highest BCUT2D eigenvalue weighted by atomic mass is 16.5. The summed E-state index contributed by atoms with van der Waals surface area (Å²) in [5.74, 6) is 2.54. The van der Waals surface area contributed by atoms with Crippen LogP contribution in [-0.4, -0.2) is 249 Å². The number of H-pyrrole nitrogens is 9. The van der Waals surface area contributed by atoms with Gasteiger partial charge < -0.3 is 69.1 Å². The first-order valence-corrected chi connectivity index (χ1v) is 45.0. The van der Waals surface area contributed by atoms with Gasteiger partial charge in [0.2, 0.25) is 5.91 Å². The lowest BCUT2D eigenvalue weighted by Crippen LogP contribution is -2.35. The summed E-state index contributed by atoms with van der Waals surface area (Å²) < 4.78 is 32.8. The average Bonchev–Trinajstić information content (AvgIpc) is 1.63. The van der Waals surface area contributed by atoms with E-state index in [9.17, 15) is 24.0 Å². The van der Waals surface area contributed by atoms with Crippen molar-refractivity contribution < 1.29 is 47.1 Å². The lowest BCUT2D eigenvalue weighted by molar-refractivity contribution is -0.120. The number of para-hydroxylation sites is 1. The number of hydrogen-bond acceptors (Lipinski definition) is 26. The Morgan fingerprint density at radius 2 is 0.800 bits per heavy atom. The van der Waals surface area contributed by atoms with E-state index < -0.39 is 11.3 Å². The Balaban J connectivity index is 0.000000112. The zero-order valence-electron chi connectivity index (χ0n) is 74.3. The molecule has 4 amide bonds. The van der Waals surface area contributed by atoms with Crippen molar-refractivity contribution in [3.05, 3.63) is 243 Å². The van der Waals surface area contributed by atoms with E-state index in [0.29, 0.717) is 108 Å². The van der Waals surface area contributed by atoms with Crippen LogP contribution in [0.4, 0.5) is 22.7 Å². The summed E-state index contributed by atoms with van der Waals surface area (Å²) in [6.07, 6.45) is 10.0. The molecule has 15 heterocycles. The molecule has 18 aromatic rings. The molecule has 688 valence electrons. The fourth-order valence-electron chi connectivity index (χ4n) is 17.3. The number of aryl methyl sites for hydroxylation is 2. The van der Waals surface area contributed by atoms with Crippen molar-refractivity contribution >= 4 is 112 Å². The van der Waals surface area contributed by atoms with E-state index in [2.05, 4.69) is 175 Å². The number of carbonyl (C=O) groups excluding carboxylic acids is 4. The number of ether oxygens (including phenoxy) is 4. The van der Waals surface area contributed by atoms with Crippen LogP contribution in [0, 0.1) is 6.92 Å². The number of morpholine rings is 4. The number of nitrogens with one attached hydrogen (secondary N) is 13. The van der Waals surface area contributed by atoms with E-state index in [-0.39, 0.29) is 29.0 Å². The molecule has 23 rings (SSSR count). The maximum Gasteiger partial charge on any atom is 0.278 e. The van der Waals surface area contributed by atoms with Crippen molar-refractivity contribution in [3.63, 3.8) is 0 Å². The van der Waals surface area contributed by atoms with Crippen LogP contribution in [0.5, 0.6) is 0 Å². The third-order valence-corrected chi connectivity index (χ3v) is 24.6. The highest BCUT2D eigenvalue weighted by Crippen LogP contribution is 2.36. The van der Waals surface area contributed by atoms with Crippen LogP contribution >= 0.6 is 0 Å². The molecule has 1 aliphatic carbocycles. The number of rotatable bonds is 21. The van der Waals surface area contributed by atoms with Crippen molar-refractivity contribution in [2.75, 3.05) is 126 Å². The van der Waals surface area contributed by atoms with Crippen LogP contribution < -0.4 is 26.8 Å². The molecule has 7 aromatic carbocycles. The first kappa shape index (κ1) is 87.6. The largest absolute Gasteiger partial charge is 0.440 e. The fourth-order valence-corrected chi connectivity index (χ4v) is 17.3. The quantitative estimate of drug-likeness (QED) is 0.0318. The van der Waals surface area contributed by atoms with Gasteiger partial charge in [0.15, 0.2) is 46.2 Å². The molecular weight excluding hydrogens is 1720 g/mol. The summed E-state index contributed by atoms with van der Waals surface area (Å²) in [6.45, 7) is 22.7. The molecule has 4 saturated heterocycles. The van der Waals surface area contributed by atoms with E-state index >= 15 is 0 Å². The number of fused-ring (bicyclic) bond motifs is 7. The van der Waals surface area contributed by atoms with Gasteiger partial charge in [-0.1, -0.05) is 84.0 Å². The summed E-state index contributed by atoms with van der Waals surface area (Å²) in [5, 5.41) is 51.2. The standard InChI is InChI=1S/C25H28N6O2.C24H22N8O3.C24H23N7O3.C23H25N7O3/c1-25(2,18-6-4-3-5-7-18)24(32)29-21-15-26-30-22(21)23-27-19-9-8-17(14-20(19)28-23)16-31-10-12-33-13-11-31;33-23-16-4-2-1-3-15(16)20(30-31-23)24(34)28-19-12-25-29-21(19)22-26-17-6-5-14(11-18(17)27-22)13-32-7-9-35-10-8-32;1-14-26-18-4-2-3-16(22(18)34-14)24(32)29-20-12-25-30-21(20)23-27-17-6-5-15(11-19(17)28-23)13-31-7-9-33-10-8-31;31-23(20-15-3-1-2-4-19(15)33-29-20)27-18-12-24-28-21(18)22-25-16-6-5-14(11-17(16)26-22)13-30-7-9-32-10-8-30/h3-9,14-15H,10-13,16H2,1-2H3,(H,26,30)(H,27,28)(H,29,32);1-6,11-12H,7-10,13H2,(H,25,29)(H,26,27)(H,28,34)(H,31,33);2-6,11-12H,7-10,13H2,1H3,(H,25,30)(H,27,28)(H,29,32);5-6,11-12H,1-4,7-10,13H2,(H,24,28)(H,25,26)(H,27,31). The minimum atomic E-state index is -0.696. The van der Waals surface area contributed by atoms with Crippen LogP contribution in [0.25, 0.3) is 112 Å². The molecule has 4 aliphatic heterocycles. The van der Waals surface area contributed by atoms with Crippen LogP contribution in [0.3, 0.4) is 0 Å². The maximum absolute atomic E-state index is 13.1. The van der Waals surface area contributed by atoms with Crippen LogP contribution in [-0.2, 0) is 68.2 Å². The first-order chi connectivity index (χ1) is 66.0. The molecule has 0 spiro atoms. The van der Waals surface area contributed by atoms with Gasteiger partial charge in [0.05, 0.1) is 161 Å². The van der Waals surface area contributed by atoms with E-state index in [4.69, 9.17) is 42.8 Å². The molecule has 135 heavy (non-hydrogen) atoms. The number of amides is 4. The summed E-state index contributed by atoms with van der Waals surface area (Å²) in [7, 11) is 0. The van der Waals surface area contributed by atoms with Gasteiger partial charge in [0.25, 0.3) is 23.3 Å². The number of imidazole rings is 4. The van der Waals surface area contributed by atoms with E-state index in [1.54, 1.807) is 61.9 Å². The van der Waals surface area contributed by atoms with E-state index in [0.717, 1.165) is 218 Å². The molecule has 4 fully saturated rings. The highest BCUT2D eigenvalue weighted by molar-refractivity contribution is 6.13. The Morgan fingerprint density at radius 3 is 1.24 bits per heavy atom. The van der Waals surface area contributed by atoms with Crippen molar-refractivity contribution in [1.29, 1.82) is 0 Å².